The number of carbonyl (C=O) groups is 1. The number of nitrogens with two attached hydrogens (primary N) is 1. The van der Waals surface area contributed by atoms with Crippen LogP contribution in [0.3, 0.4) is 0 Å². The molecule has 7 heteroatoms. The van der Waals surface area contributed by atoms with E-state index < -0.39 is 6.04 Å². The van der Waals surface area contributed by atoms with Gasteiger partial charge in [0.25, 0.3) is 0 Å². The smallest absolute Gasteiger partial charge is 0.236 e. The largest absolute Gasteiger partial charge is 0.497 e. The summed E-state index contributed by atoms with van der Waals surface area (Å²) < 4.78 is 10.7. The molecule has 126 valence electrons. The number of halogens is 1. The number of thioether (sulfide) groups is 1. The Hall–Kier alpha value is -1.11. The molecule has 0 aromatic heterocycles. The fourth-order valence-electron chi connectivity index (χ4n) is 1.67. The molecule has 3 N–H and O–H groups in total. The average Bonchev–Trinajstić information content (AvgIpc) is 2.52. The molecule has 0 bridgehead atoms. The minimum atomic E-state index is -0.420. The van der Waals surface area contributed by atoms with Crippen LogP contribution < -0.4 is 20.5 Å². The van der Waals surface area contributed by atoms with Gasteiger partial charge in [-0.2, -0.15) is 11.8 Å². The molecular formula is C15H25ClN2O3S. The molecule has 1 aromatic rings. The van der Waals surface area contributed by atoms with E-state index in [9.17, 15) is 4.79 Å². The summed E-state index contributed by atoms with van der Waals surface area (Å²) in [7, 11) is 1.62. The predicted octanol–water partition coefficient (Wildman–Crippen LogP) is 2.08. The molecule has 22 heavy (non-hydrogen) atoms. The van der Waals surface area contributed by atoms with Crippen molar-refractivity contribution < 1.29 is 14.3 Å². The zero-order chi connectivity index (χ0) is 15.5. The molecule has 1 rings (SSSR count). The molecular weight excluding hydrogens is 324 g/mol. The first kappa shape index (κ1) is 20.9. The number of methoxy groups -OCH3 is 1. The lowest BCUT2D eigenvalue weighted by atomic mass is 10.2. The molecule has 1 aromatic carbocycles. The summed E-state index contributed by atoms with van der Waals surface area (Å²) in [5.74, 6) is 2.33. The fraction of sp³-hybridized carbons (Fsp3) is 0.533. The highest BCUT2D eigenvalue weighted by Crippen LogP contribution is 2.18. The Morgan fingerprint density at radius 1 is 1.41 bits per heavy atom. The Bertz CT molecular complexity index is 435. The van der Waals surface area contributed by atoms with Crippen molar-refractivity contribution in [2.24, 2.45) is 5.73 Å². The molecule has 0 fully saturated rings. The maximum Gasteiger partial charge on any atom is 0.236 e. The number of carbonyl (C=O) groups excluding carboxylic acids is 1. The second-order valence-electron chi connectivity index (χ2n) is 4.56. The first-order chi connectivity index (χ1) is 10.2. The van der Waals surface area contributed by atoms with Gasteiger partial charge < -0.3 is 20.5 Å². The third-order valence-electron chi connectivity index (χ3n) is 2.90. The van der Waals surface area contributed by atoms with Crippen molar-refractivity contribution in [3.05, 3.63) is 24.3 Å². The number of rotatable bonds is 10. The van der Waals surface area contributed by atoms with Crippen LogP contribution in [0.15, 0.2) is 24.3 Å². The van der Waals surface area contributed by atoms with Crippen molar-refractivity contribution in [1.82, 2.24) is 5.32 Å². The summed E-state index contributed by atoms with van der Waals surface area (Å²) in [5, 5.41) is 2.82. The van der Waals surface area contributed by atoms with Crippen molar-refractivity contribution >= 4 is 30.1 Å². The lowest BCUT2D eigenvalue weighted by molar-refractivity contribution is -0.122. The van der Waals surface area contributed by atoms with Crippen molar-refractivity contribution in [3.63, 3.8) is 0 Å². The van der Waals surface area contributed by atoms with Crippen molar-refractivity contribution in [1.29, 1.82) is 0 Å². The van der Waals surface area contributed by atoms with Gasteiger partial charge in [-0.3, -0.25) is 4.79 Å². The quantitative estimate of drug-likeness (QED) is 0.633. The molecule has 1 amide bonds. The van der Waals surface area contributed by atoms with Gasteiger partial charge >= 0.3 is 0 Å². The molecule has 0 radical (unpaired) electrons. The minimum Gasteiger partial charge on any atom is -0.497 e. The molecule has 0 spiro atoms. The second-order valence-corrected chi connectivity index (χ2v) is 5.55. The van der Waals surface area contributed by atoms with E-state index >= 15 is 0 Å². The van der Waals surface area contributed by atoms with Crippen LogP contribution in [0.4, 0.5) is 0 Å². The van der Waals surface area contributed by atoms with Crippen LogP contribution in [0.2, 0.25) is 0 Å². The molecule has 0 heterocycles. The number of ether oxygens (including phenoxy) is 2. The molecule has 0 aliphatic carbocycles. The zero-order valence-electron chi connectivity index (χ0n) is 13.0. The van der Waals surface area contributed by atoms with Crippen LogP contribution in [-0.2, 0) is 4.79 Å². The molecule has 0 unspecified atom stereocenters. The van der Waals surface area contributed by atoms with Gasteiger partial charge in [0, 0.05) is 12.6 Å². The van der Waals surface area contributed by atoms with Gasteiger partial charge in [0.05, 0.1) is 19.8 Å². The van der Waals surface area contributed by atoms with E-state index in [1.807, 2.05) is 30.5 Å². The van der Waals surface area contributed by atoms with E-state index in [0.29, 0.717) is 19.6 Å². The number of benzene rings is 1. The Morgan fingerprint density at radius 3 is 2.82 bits per heavy atom. The maximum atomic E-state index is 11.7. The number of amides is 1. The van der Waals surface area contributed by atoms with Crippen LogP contribution >= 0.6 is 24.2 Å². The van der Waals surface area contributed by atoms with E-state index in [4.69, 9.17) is 15.2 Å². The first-order valence-corrected chi connectivity index (χ1v) is 8.36. The fourth-order valence-corrected chi connectivity index (χ4v) is 2.16. The Balaban J connectivity index is 0.00000441. The van der Waals surface area contributed by atoms with Crippen LogP contribution in [0.25, 0.3) is 0 Å². The summed E-state index contributed by atoms with van der Waals surface area (Å²) in [4.78, 5) is 11.7. The Labute approximate surface area is 142 Å². The number of nitrogens with one attached hydrogen (secondary N) is 1. The van der Waals surface area contributed by atoms with Gasteiger partial charge in [-0.15, -0.1) is 12.4 Å². The second kappa shape index (κ2) is 12.4. The van der Waals surface area contributed by atoms with E-state index in [-0.39, 0.29) is 18.3 Å². The van der Waals surface area contributed by atoms with Gasteiger partial charge in [0.2, 0.25) is 5.91 Å². The summed E-state index contributed by atoms with van der Waals surface area (Å²) in [6.07, 6.45) is 3.44. The lowest BCUT2D eigenvalue weighted by Crippen LogP contribution is -2.41. The SMILES string of the molecule is COc1cccc(OCCCNC(=O)[C@@H](N)CCSC)c1.Cl. The normalized spacial score (nSPS) is 11.2. The van der Waals surface area contributed by atoms with Gasteiger partial charge in [-0.1, -0.05) is 6.07 Å². The first-order valence-electron chi connectivity index (χ1n) is 6.96. The summed E-state index contributed by atoms with van der Waals surface area (Å²) in [6, 6.07) is 7.02. The average molecular weight is 349 g/mol. The van der Waals surface area contributed by atoms with Crippen LogP contribution in [0, 0.1) is 0 Å². The summed E-state index contributed by atoms with van der Waals surface area (Å²) >= 11 is 1.69. The lowest BCUT2D eigenvalue weighted by Gasteiger charge is -2.12. The van der Waals surface area contributed by atoms with E-state index in [1.54, 1.807) is 18.9 Å². The number of hydrogen-bond donors (Lipinski definition) is 2. The molecule has 0 saturated heterocycles. The van der Waals surface area contributed by atoms with E-state index in [0.717, 1.165) is 23.7 Å². The minimum absolute atomic E-state index is 0. The highest BCUT2D eigenvalue weighted by Gasteiger charge is 2.11. The van der Waals surface area contributed by atoms with Crippen molar-refractivity contribution in [2.45, 2.75) is 18.9 Å². The monoisotopic (exact) mass is 348 g/mol. The van der Waals surface area contributed by atoms with Gasteiger partial charge in [-0.25, -0.2) is 0 Å². The maximum absolute atomic E-state index is 11.7. The molecule has 0 aliphatic heterocycles. The van der Waals surface area contributed by atoms with E-state index in [1.165, 1.54) is 0 Å². The standard InChI is InChI=1S/C15H24N2O3S.ClH/c1-19-12-5-3-6-13(11-12)20-9-4-8-17-15(18)14(16)7-10-21-2;/h3,5-6,11,14H,4,7-10,16H2,1-2H3,(H,17,18);1H/t14-;/m0./s1. The Morgan fingerprint density at radius 2 is 2.14 bits per heavy atom. The van der Waals surface area contributed by atoms with Crippen LogP contribution in [0.1, 0.15) is 12.8 Å². The molecule has 1 atom stereocenters. The van der Waals surface area contributed by atoms with Gasteiger partial charge in [0.15, 0.2) is 0 Å². The highest BCUT2D eigenvalue weighted by atomic mass is 35.5. The predicted molar refractivity (Wildman–Crippen MR) is 94.3 cm³/mol. The van der Waals surface area contributed by atoms with E-state index in [2.05, 4.69) is 5.32 Å². The van der Waals surface area contributed by atoms with Crippen molar-refractivity contribution in [2.75, 3.05) is 32.3 Å². The third-order valence-corrected chi connectivity index (χ3v) is 3.54. The van der Waals surface area contributed by atoms with Gasteiger partial charge in [0.1, 0.15) is 11.5 Å². The van der Waals surface area contributed by atoms with Gasteiger partial charge in [-0.05, 0) is 37.0 Å². The third kappa shape index (κ3) is 8.36. The summed E-state index contributed by atoms with van der Waals surface area (Å²) in [6.45, 7) is 1.10. The van der Waals surface area contributed by atoms with Crippen LogP contribution in [-0.4, -0.2) is 44.2 Å². The molecule has 0 aliphatic rings. The summed E-state index contributed by atoms with van der Waals surface area (Å²) in [5.41, 5.74) is 5.77. The molecule has 5 nitrogen and oxygen atoms in total. The van der Waals surface area contributed by atoms with Crippen molar-refractivity contribution in [3.8, 4) is 11.5 Å². The highest BCUT2D eigenvalue weighted by molar-refractivity contribution is 7.98. The number of hydrogen-bond acceptors (Lipinski definition) is 5. The Kier molecular flexibility index (Phi) is 11.8. The molecule has 0 saturated carbocycles. The van der Waals surface area contributed by atoms with Crippen LogP contribution in [0.5, 0.6) is 11.5 Å². The topological polar surface area (TPSA) is 73.6 Å². The zero-order valence-corrected chi connectivity index (χ0v) is 14.7.